The van der Waals surface area contributed by atoms with Gasteiger partial charge in [-0.15, -0.1) is 0 Å². The van der Waals surface area contributed by atoms with E-state index in [0.29, 0.717) is 23.9 Å². The van der Waals surface area contributed by atoms with Crippen molar-refractivity contribution in [1.29, 1.82) is 0 Å². The van der Waals surface area contributed by atoms with Gasteiger partial charge >= 0.3 is 0 Å². The van der Waals surface area contributed by atoms with E-state index in [-0.39, 0.29) is 6.54 Å². The number of nitrogens with one attached hydrogen (secondary N) is 3. The summed E-state index contributed by atoms with van der Waals surface area (Å²) in [6.45, 7) is 12.6. The van der Waals surface area contributed by atoms with Crippen LogP contribution >= 0.6 is 0 Å². The van der Waals surface area contributed by atoms with E-state index in [9.17, 15) is 8.42 Å². The highest BCUT2D eigenvalue weighted by atomic mass is 32.2. The van der Waals surface area contributed by atoms with Gasteiger partial charge in [-0.05, 0) is 64.3 Å². The monoisotopic (exact) mass is 434 g/mol. The highest BCUT2D eigenvalue weighted by molar-refractivity contribution is 7.89. The molecule has 0 aliphatic heterocycles. The maximum atomic E-state index is 12.6. The van der Waals surface area contributed by atoms with Gasteiger partial charge < -0.3 is 10.6 Å². The number of sulfonamides is 1. The number of aromatic nitrogens is 2. The fraction of sp³-hybridized carbons (Fsp3) is 0.524. The summed E-state index contributed by atoms with van der Waals surface area (Å²) in [5.41, 5.74) is 3.83. The van der Waals surface area contributed by atoms with Gasteiger partial charge in [-0.1, -0.05) is 12.1 Å². The molecule has 0 fully saturated rings. The fourth-order valence-corrected chi connectivity index (χ4v) is 4.45. The zero-order valence-electron chi connectivity index (χ0n) is 18.6. The van der Waals surface area contributed by atoms with Crippen LogP contribution in [-0.4, -0.2) is 50.3 Å². The average molecular weight is 435 g/mol. The Hall–Kier alpha value is -2.39. The Morgan fingerprint density at radius 3 is 2.53 bits per heavy atom. The van der Waals surface area contributed by atoms with Gasteiger partial charge in [0.2, 0.25) is 10.0 Å². The predicted octanol–water partition coefficient (Wildman–Crippen LogP) is 2.04. The van der Waals surface area contributed by atoms with E-state index in [2.05, 4.69) is 31.5 Å². The summed E-state index contributed by atoms with van der Waals surface area (Å²) in [7, 11) is -3.54. The molecule has 166 valence electrons. The first-order chi connectivity index (χ1) is 14.2. The fourth-order valence-electron chi connectivity index (χ4n) is 3.10. The molecule has 3 N–H and O–H groups in total. The van der Waals surface area contributed by atoms with Crippen LogP contribution in [-0.2, 0) is 16.6 Å². The first-order valence-corrected chi connectivity index (χ1v) is 11.8. The van der Waals surface area contributed by atoms with Crippen LogP contribution in [0.2, 0.25) is 0 Å². The lowest BCUT2D eigenvalue weighted by molar-refractivity contribution is 0.566. The van der Waals surface area contributed by atoms with Crippen molar-refractivity contribution in [2.45, 2.75) is 52.5 Å². The molecule has 2 rings (SSSR count). The summed E-state index contributed by atoms with van der Waals surface area (Å²) >= 11 is 0. The Morgan fingerprint density at radius 2 is 1.87 bits per heavy atom. The standard InChI is InChI=1S/C21H34N6O2S/c1-6-22-21(23-10-7-13-27-19(5)15-18(4)26-27)24-11-12-25-30(28,29)20-14-16(2)8-9-17(20)3/h8-9,14-15,25H,6-7,10-13H2,1-5H3,(H2,22,23,24). The Morgan fingerprint density at radius 1 is 1.10 bits per heavy atom. The number of aliphatic imine (C=N–C) groups is 1. The van der Waals surface area contributed by atoms with Crippen LogP contribution in [0.3, 0.4) is 0 Å². The van der Waals surface area contributed by atoms with E-state index < -0.39 is 10.0 Å². The van der Waals surface area contributed by atoms with E-state index in [1.54, 1.807) is 13.0 Å². The van der Waals surface area contributed by atoms with Gasteiger partial charge in [-0.3, -0.25) is 9.67 Å². The first-order valence-electron chi connectivity index (χ1n) is 10.3. The number of guanidine groups is 1. The molecule has 0 saturated heterocycles. The molecule has 0 aliphatic carbocycles. The maximum absolute atomic E-state index is 12.6. The van der Waals surface area contributed by atoms with Crippen molar-refractivity contribution in [3.8, 4) is 0 Å². The van der Waals surface area contributed by atoms with Crippen LogP contribution in [0.5, 0.6) is 0 Å². The minimum absolute atomic E-state index is 0.270. The second-order valence-corrected chi connectivity index (χ2v) is 9.09. The van der Waals surface area contributed by atoms with Crippen molar-refractivity contribution in [2.24, 2.45) is 4.99 Å². The molecule has 0 aliphatic rings. The second kappa shape index (κ2) is 11.1. The third kappa shape index (κ3) is 7.14. The summed E-state index contributed by atoms with van der Waals surface area (Å²) < 4.78 is 29.8. The third-order valence-corrected chi connectivity index (χ3v) is 6.19. The molecule has 0 unspecified atom stereocenters. The normalized spacial score (nSPS) is 12.2. The molecule has 0 radical (unpaired) electrons. The van der Waals surface area contributed by atoms with Crippen molar-refractivity contribution in [3.05, 3.63) is 46.8 Å². The van der Waals surface area contributed by atoms with E-state index in [0.717, 1.165) is 42.0 Å². The molecule has 1 aromatic heterocycles. The molecule has 0 spiro atoms. The van der Waals surface area contributed by atoms with Gasteiger partial charge in [-0.2, -0.15) is 5.10 Å². The Kier molecular flexibility index (Phi) is 8.86. The molecule has 9 heteroatoms. The van der Waals surface area contributed by atoms with Crippen LogP contribution in [0.25, 0.3) is 0 Å². The molecule has 0 amide bonds. The van der Waals surface area contributed by atoms with Gasteiger partial charge in [0.15, 0.2) is 5.96 Å². The smallest absolute Gasteiger partial charge is 0.240 e. The zero-order chi connectivity index (χ0) is 22.1. The molecule has 0 bridgehead atoms. The third-order valence-electron chi connectivity index (χ3n) is 4.59. The second-order valence-electron chi connectivity index (χ2n) is 7.36. The van der Waals surface area contributed by atoms with Crippen molar-refractivity contribution in [3.63, 3.8) is 0 Å². The number of rotatable bonds is 10. The summed E-state index contributed by atoms with van der Waals surface area (Å²) in [5, 5.41) is 10.8. The number of aryl methyl sites for hydroxylation is 5. The minimum Gasteiger partial charge on any atom is -0.357 e. The number of hydrogen-bond donors (Lipinski definition) is 3. The molecule has 1 heterocycles. The Balaban J connectivity index is 1.81. The maximum Gasteiger partial charge on any atom is 0.240 e. The van der Waals surface area contributed by atoms with Gasteiger partial charge in [-0.25, -0.2) is 13.1 Å². The van der Waals surface area contributed by atoms with E-state index >= 15 is 0 Å². The zero-order valence-corrected chi connectivity index (χ0v) is 19.4. The molecular weight excluding hydrogens is 400 g/mol. The number of benzene rings is 1. The van der Waals surface area contributed by atoms with E-state index in [1.807, 2.05) is 44.5 Å². The summed E-state index contributed by atoms with van der Waals surface area (Å²) in [6.07, 6.45) is 0.873. The SMILES string of the molecule is CCNC(=NCCCn1nc(C)cc1C)NCCNS(=O)(=O)c1cc(C)ccc1C. The highest BCUT2D eigenvalue weighted by Crippen LogP contribution is 2.16. The topological polar surface area (TPSA) is 100 Å². The number of nitrogens with zero attached hydrogens (tertiary/aromatic N) is 3. The predicted molar refractivity (Wildman–Crippen MR) is 121 cm³/mol. The molecule has 1 aromatic carbocycles. The number of hydrogen-bond acceptors (Lipinski definition) is 4. The van der Waals surface area contributed by atoms with Crippen LogP contribution in [0, 0.1) is 27.7 Å². The van der Waals surface area contributed by atoms with Crippen molar-refractivity contribution in [2.75, 3.05) is 26.2 Å². The van der Waals surface area contributed by atoms with Crippen molar-refractivity contribution >= 4 is 16.0 Å². The molecule has 0 atom stereocenters. The largest absolute Gasteiger partial charge is 0.357 e. The van der Waals surface area contributed by atoms with Crippen LogP contribution < -0.4 is 15.4 Å². The Labute approximate surface area is 180 Å². The molecule has 30 heavy (non-hydrogen) atoms. The lowest BCUT2D eigenvalue weighted by atomic mass is 10.2. The summed E-state index contributed by atoms with van der Waals surface area (Å²) in [4.78, 5) is 4.89. The highest BCUT2D eigenvalue weighted by Gasteiger charge is 2.16. The molecule has 2 aromatic rings. The molecular formula is C21H34N6O2S. The van der Waals surface area contributed by atoms with E-state index in [1.165, 1.54) is 0 Å². The summed E-state index contributed by atoms with van der Waals surface area (Å²) in [5.74, 6) is 0.678. The quantitative estimate of drug-likeness (QED) is 0.302. The Bertz CT molecular complexity index is 966. The van der Waals surface area contributed by atoms with Gasteiger partial charge in [0.05, 0.1) is 10.6 Å². The van der Waals surface area contributed by atoms with E-state index in [4.69, 9.17) is 0 Å². The van der Waals surface area contributed by atoms with Crippen LogP contribution in [0.1, 0.15) is 35.9 Å². The van der Waals surface area contributed by atoms with Crippen LogP contribution in [0.15, 0.2) is 34.2 Å². The van der Waals surface area contributed by atoms with Gasteiger partial charge in [0.25, 0.3) is 0 Å². The minimum atomic E-state index is -3.54. The van der Waals surface area contributed by atoms with Gasteiger partial charge in [0.1, 0.15) is 0 Å². The summed E-state index contributed by atoms with van der Waals surface area (Å²) in [6, 6.07) is 7.49. The van der Waals surface area contributed by atoms with Crippen molar-refractivity contribution in [1.82, 2.24) is 25.1 Å². The van der Waals surface area contributed by atoms with Crippen molar-refractivity contribution < 1.29 is 8.42 Å². The average Bonchev–Trinajstić information content (AvgIpc) is 3.01. The van der Waals surface area contributed by atoms with Gasteiger partial charge in [0, 0.05) is 38.4 Å². The first kappa shape index (κ1) is 23.9. The molecule has 0 saturated carbocycles. The molecule has 8 nitrogen and oxygen atoms in total. The van der Waals surface area contributed by atoms with Crippen LogP contribution in [0.4, 0.5) is 0 Å². The lowest BCUT2D eigenvalue weighted by Gasteiger charge is -2.13. The lowest BCUT2D eigenvalue weighted by Crippen LogP contribution is -2.41.